The summed E-state index contributed by atoms with van der Waals surface area (Å²) in [7, 11) is 0. The van der Waals surface area contributed by atoms with Gasteiger partial charge in [-0.1, -0.05) is 17.7 Å². The lowest BCUT2D eigenvalue weighted by molar-refractivity contribution is 0.611. The Morgan fingerprint density at radius 3 is 3.00 bits per heavy atom. The molecule has 0 saturated heterocycles. The number of nitrogens with one attached hydrogen (secondary N) is 1. The summed E-state index contributed by atoms with van der Waals surface area (Å²) in [6.45, 7) is 0.761. The summed E-state index contributed by atoms with van der Waals surface area (Å²) < 4.78 is 15.2. The quantitative estimate of drug-likeness (QED) is 0.921. The minimum Gasteiger partial charge on any atom is -0.310 e. The summed E-state index contributed by atoms with van der Waals surface area (Å²) in [5.74, 6) is -0.368. The second-order valence-corrected chi connectivity index (χ2v) is 4.93. The molecule has 0 unspecified atom stereocenters. The zero-order valence-corrected chi connectivity index (χ0v) is 10.5. The number of hydrogen-bond acceptors (Lipinski definition) is 2. The van der Waals surface area contributed by atoms with Crippen LogP contribution in [0.15, 0.2) is 30.6 Å². The molecule has 94 valence electrons. The lowest BCUT2D eigenvalue weighted by Crippen LogP contribution is -2.14. The second kappa shape index (κ2) is 4.71. The van der Waals surface area contributed by atoms with Crippen LogP contribution in [0.5, 0.6) is 0 Å². The van der Waals surface area contributed by atoms with E-state index in [4.69, 9.17) is 11.6 Å². The molecule has 0 spiro atoms. The fourth-order valence-electron chi connectivity index (χ4n) is 1.83. The zero-order chi connectivity index (χ0) is 12.5. The van der Waals surface area contributed by atoms with E-state index in [0.29, 0.717) is 16.8 Å². The first-order chi connectivity index (χ1) is 8.74. The van der Waals surface area contributed by atoms with Crippen molar-refractivity contribution >= 4 is 11.6 Å². The monoisotopic (exact) mass is 265 g/mol. The topological polar surface area (TPSA) is 29.9 Å². The first-order valence-corrected chi connectivity index (χ1v) is 6.33. The molecule has 0 bridgehead atoms. The Morgan fingerprint density at radius 1 is 1.44 bits per heavy atom. The van der Waals surface area contributed by atoms with Crippen molar-refractivity contribution in [3.63, 3.8) is 0 Å². The lowest BCUT2D eigenvalue weighted by atomic mass is 10.3. The van der Waals surface area contributed by atoms with Gasteiger partial charge in [0, 0.05) is 24.3 Å². The predicted molar refractivity (Wildman–Crippen MR) is 68.4 cm³/mol. The first kappa shape index (κ1) is 11.7. The van der Waals surface area contributed by atoms with Gasteiger partial charge in [0.05, 0.1) is 11.2 Å². The summed E-state index contributed by atoms with van der Waals surface area (Å²) >= 11 is 5.99. The van der Waals surface area contributed by atoms with Gasteiger partial charge in [0.15, 0.2) is 0 Å². The van der Waals surface area contributed by atoms with Gasteiger partial charge < -0.3 is 5.32 Å². The molecule has 0 atom stereocenters. The van der Waals surface area contributed by atoms with Gasteiger partial charge in [0.1, 0.15) is 11.5 Å². The molecule has 0 radical (unpaired) electrons. The molecule has 1 saturated carbocycles. The summed E-state index contributed by atoms with van der Waals surface area (Å²) in [5.41, 5.74) is 1.33. The largest absolute Gasteiger partial charge is 0.310 e. The zero-order valence-electron chi connectivity index (χ0n) is 9.74. The molecule has 3 rings (SSSR count). The van der Waals surface area contributed by atoms with Crippen LogP contribution < -0.4 is 5.32 Å². The SMILES string of the molecule is Fc1cccc(Cl)c1-n1cc(CNC2CC2)cn1. The standard InChI is InChI=1S/C13H13ClFN3/c14-11-2-1-3-12(15)13(11)18-8-9(7-17-18)6-16-10-4-5-10/h1-3,7-8,10,16H,4-6H2. The van der Waals surface area contributed by atoms with Crippen molar-refractivity contribution in [3.8, 4) is 5.69 Å². The fourth-order valence-corrected chi connectivity index (χ4v) is 2.08. The Balaban J connectivity index is 1.83. The minimum atomic E-state index is -0.368. The van der Waals surface area contributed by atoms with E-state index in [9.17, 15) is 4.39 Å². The molecule has 0 amide bonds. The molecule has 1 fully saturated rings. The molecule has 2 aromatic rings. The molecule has 1 aliphatic rings. The third kappa shape index (κ3) is 2.40. The van der Waals surface area contributed by atoms with E-state index >= 15 is 0 Å². The maximum atomic E-state index is 13.7. The molecule has 1 heterocycles. The maximum Gasteiger partial charge on any atom is 0.150 e. The molecule has 18 heavy (non-hydrogen) atoms. The summed E-state index contributed by atoms with van der Waals surface area (Å²) in [6, 6.07) is 5.26. The highest BCUT2D eigenvalue weighted by atomic mass is 35.5. The molecule has 1 aromatic carbocycles. The lowest BCUT2D eigenvalue weighted by Gasteiger charge is -2.05. The van der Waals surface area contributed by atoms with Gasteiger partial charge in [-0.05, 0) is 25.0 Å². The van der Waals surface area contributed by atoms with E-state index in [0.717, 1.165) is 12.1 Å². The van der Waals surface area contributed by atoms with Gasteiger partial charge in [0.25, 0.3) is 0 Å². The van der Waals surface area contributed by atoms with E-state index in [1.54, 1.807) is 24.5 Å². The van der Waals surface area contributed by atoms with Gasteiger partial charge in [-0.15, -0.1) is 0 Å². The van der Waals surface area contributed by atoms with Crippen molar-refractivity contribution in [3.05, 3.63) is 47.0 Å². The van der Waals surface area contributed by atoms with Crippen molar-refractivity contribution in [2.75, 3.05) is 0 Å². The smallest absolute Gasteiger partial charge is 0.150 e. The fraction of sp³-hybridized carbons (Fsp3) is 0.308. The number of aromatic nitrogens is 2. The van der Waals surface area contributed by atoms with Gasteiger partial charge >= 0.3 is 0 Å². The van der Waals surface area contributed by atoms with E-state index in [1.165, 1.54) is 23.6 Å². The van der Waals surface area contributed by atoms with Crippen LogP contribution in [0.25, 0.3) is 5.69 Å². The average Bonchev–Trinajstić information content (AvgIpc) is 3.06. The molecule has 1 aromatic heterocycles. The van der Waals surface area contributed by atoms with Crippen LogP contribution in [-0.2, 0) is 6.54 Å². The van der Waals surface area contributed by atoms with E-state index < -0.39 is 0 Å². The minimum absolute atomic E-state index is 0.303. The summed E-state index contributed by atoms with van der Waals surface area (Å²) in [5, 5.41) is 7.91. The average molecular weight is 266 g/mol. The van der Waals surface area contributed by atoms with Crippen LogP contribution in [-0.4, -0.2) is 15.8 Å². The number of para-hydroxylation sites is 1. The molecule has 1 aliphatic carbocycles. The summed E-state index contributed by atoms with van der Waals surface area (Å²) in [6.07, 6.45) is 6.03. The Morgan fingerprint density at radius 2 is 2.28 bits per heavy atom. The number of halogens is 2. The molecular weight excluding hydrogens is 253 g/mol. The summed E-state index contributed by atoms with van der Waals surface area (Å²) in [4.78, 5) is 0. The Labute approximate surface area is 110 Å². The van der Waals surface area contributed by atoms with Crippen molar-refractivity contribution in [1.29, 1.82) is 0 Å². The highest BCUT2D eigenvalue weighted by Crippen LogP contribution is 2.23. The molecule has 1 N–H and O–H groups in total. The van der Waals surface area contributed by atoms with Crippen LogP contribution in [0, 0.1) is 5.82 Å². The van der Waals surface area contributed by atoms with Crippen LogP contribution in [0.3, 0.4) is 0 Å². The number of benzene rings is 1. The molecule has 3 nitrogen and oxygen atoms in total. The Hall–Kier alpha value is -1.39. The van der Waals surface area contributed by atoms with Gasteiger partial charge in [-0.2, -0.15) is 5.10 Å². The number of nitrogens with zero attached hydrogens (tertiary/aromatic N) is 2. The number of rotatable bonds is 4. The van der Waals surface area contributed by atoms with E-state index in [2.05, 4.69) is 10.4 Å². The van der Waals surface area contributed by atoms with Crippen molar-refractivity contribution in [2.45, 2.75) is 25.4 Å². The van der Waals surface area contributed by atoms with Crippen LogP contribution in [0.4, 0.5) is 4.39 Å². The van der Waals surface area contributed by atoms with Crippen molar-refractivity contribution < 1.29 is 4.39 Å². The second-order valence-electron chi connectivity index (χ2n) is 4.52. The van der Waals surface area contributed by atoms with Crippen LogP contribution >= 0.6 is 11.6 Å². The van der Waals surface area contributed by atoms with E-state index in [1.807, 2.05) is 0 Å². The molecule has 0 aliphatic heterocycles. The van der Waals surface area contributed by atoms with Gasteiger partial charge in [-0.3, -0.25) is 0 Å². The van der Waals surface area contributed by atoms with Crippen LogP contribution in [0.2, 0.25) is 5.02 Å². The number of hydrogen-bond donors (Lipinski definition) is 1. The van der Waals surface area contributed by atoms with Gasteiger partial charge in [0.2, 0.25) is 0 Å². The molecular formula is C13H13ClFN3. The highest BCUT2D eigenvalue weighted by molar-refractivity contribution is 6.32. The Bertz CT molecular complexity index is 543. The van der Waals surface area contributed by atoms with Crippen molar-refractivity contribution in [2.24, 2.45) is 0 Å². The highest BCUT2D eigenvalue weighted by Gasteiger charge is 2.20. The third-order valence-corrected chi connectivity index (χ3v) is 3.28. The Kier molecular flexibility index (Phi) is 3.06. The molecule has 5 heteroatoms. The van der Waals surface area contributed by atoms with Crippen molar-refractivity contribution in [1.82, 2.24) is 15.1 Å². The predicted octanol–water partition coefficient (Wildman–Crippen LogP) is 2.92. The van der Waals surface area contributed by atoms with E-state index in [-0.39, 0.29) is 5.82 Å². The maximum absolute atomic E-state index is 13.7. The third-order valence-electron chi connectivity index (χ3n) is 2.97. The normalized spacial score (nSPS) is 15.0. The first-order valence-electron chi connectivity index (χ1n) is 5.95. The van der Waals surface area contributed by atoms with Crippen LogP contribution in [0.1, 0.15) is 18.4 Å². The van der Waals surface area contributed by atoms with Gasteiger partial charge in [-0.25, -0.2) is 9.07 Å².